The number of aliphatic hydroxyl groups excluding tert-OH is 2. The molecular formula is C112H152N6O23. The Balaban J connectivity index is 0.00000106. The predicted octanol–water partition coefficient (Wildman–Crippen LogP) is 18.4. The number of carbonyl (C=O) groups is 12. The highest BCUT2D eigenvalue weighted by Crippen LogP contribution is 2.21. The number of ether oxygens (including phenoxy) is 5. The Morgan fingerprint density at radius 1 is 0.277 bits per heavy atom. The smallest absolute Gasteiger partial charge is 0.332 e. The Kier molecular flexibility index (Phi) is 72.6. The normalized spacial score (nSPS) is 14.0. The zero-order chi connectivity index (χ0) is 104. The number of aliphatic hydroxyl groups is 2. The number of phenolic OH excluding ortho intramolecular Hbond substituents is 3. The molecule has 29 nitrogen and oxygen atoms in total. The topological polar surface area (TPSA) is 445 Å². The number of carbonyl (C=O) groups excluding carboxylic acids is 11. The number of esters is 5. The zero-order valence-corrected chi connectivity index (χ0v) is 83.5. The van der Waals surface area contributed by atoms with E-state index in [1.54, 1.807) is 12.1 Å². The first-order valence-corrected chi connectivity index (χ1v) is 48.2. The molecule has 6 amide bonds. The Labute approximate surface area is 833 Å². The van der Waals surface area contributed by atoms with Crippen LogP contribution in [0.3, 0.4) is 0 Å². The SMILES string of the molecule is CC/C=C\C/C=C\C/C=C\C/C=C\C/C=C\C/C=C\CCC(=O)NC(C)C(=O)OC(C)C(NC(=O)c1ccccc1O)C(=O)O.CC/C=C\C/C=C\C/C=C\C/C=C\C/C=C\C/C=C\CCC(=O)NC(C)C(=O)OC(C)C(NC(=O)c1ccccc1O)C(=O)OC.CC/C=C\C/C=C\C/C=C\C/C=C\C/C=C\C/C=C\CCC(=O)NC(C)C(=O)OC(C)C(NC(=O)c1ccccc1O)C(=O)OC(CO)CO. The Bertz CT molecular complexity index is 4780. The Morgan fingerprint density at radius 2 is 0.482 bits per heavy atom. The van der Waals surface area contributed by atoms with E-state index in [0.29, 0.717) is 19.3 Å². The van der Waals surface area contributed by atoms with Crippen LogP contribution in [0.15, 0.2) is 292 Å². The molecule has 9 atom stereocenters. The number of carboxylic acids is 1. The van der Waals surface area contributed by atoms with Crippen molar-refractivity contribution in [1.29, 1.82) is 0 Å². The van der Waals surface area contributed by atoms with Crippen LogP contribution in [0.4, 0.5) is 0 Å². The lowest BCUT2D eigenvalue weighted by atomic mass is 10.1. The third-order valence-corrected chi connectivity index (χ3v) is 19.9. The van der Waals surface area contributed by atoms with Crippen LogP contribution >= 0.6 is 0 Å². The van der Waals surface area contributed by atoms with E-state index in [2.05, 4.69) is 235 Å². The molecule has 0 radical (unpaired) electrons. The van der Waals surface area contributed by atoms with Gasteiger partial charge in [0.25, 0.3) is 17.7 Å². The second-order valence-electron chi connectivity index (χ2n) is 31.8. The van der Waals surface area contributed by atoms with Gasteiger partial charge in [0.1, 0.15) is 59.8 Å². The van der Waals surface area contributed by atoms with E-state index in [1.165, 1.54) is 102 Å². The molecule has 0 saturated heterocycles. The van der Waals surface area contributed by atoms with Crippen molar-refractivity contribution in [3.8, 4) is 17.2 Å². The summed E-state index contributed by atoms with van der Waals surface area (Å²) in [6.45, 7) is 13.4. The minimum absolute atomic E-state index is 0.0533. The van der Waals surface area contributed by atoms with Gasteiger partial charge in [0.2, 0.25) is 17.7 Å². The van der Waals surface area contributed by atoms with Gasteiger partial charge in [-0.05, 0) is 213 Å². The highest BCUT2D eigenvalue weighted by molar-refractivity contribution is 6.01. The molecule has 9 unspecified atom stereocenters. The summed E-state index contributed by atoms with van der Waals surface area (Å²) in [4.78, 5) is 149. The summed E-state index contributed by atoms with van der Waals surface area (Å²) in [5.41, 5.74) is -0.311. The van der Waals surface area contributed by atoms with Crippen molar-refractivity contribution in [2.24, 2.45) is 0 Å². The number of hydrogen-bond acceptors (Lipinski definition) is 22. The molecule has 0 saturated carbocycles. The number of amides is 6. The quantitative estimate of drug-likeness (QED) is 0.0142. The minimum atomic E-state index is -1.57. The van der Waals surface area contributed by atoms with Gasteiger partial charge in [-0.15, -0.1) is 0 Å². The van der Waals surface area contributed by atoms with Gasteiger partial charge in [0.15, 0.2) is 18.1 Å². The van der Waals surface area contributed by atoms with Crippen LogP contribution in [0.25, 0.3) is 0 Å². The van der Waals surface area contributed by atoms with Crippen LogP contribution in [-0.2, 0) is 66.8 Å². The number of rotatable bonds is 66. The van der Waals surface area contributed by atoms with Crippen LogP contribution in [0.2, 0.25) is 0 Å². The number of nitrogens with one attached hydrogen (secondary N) is 6. The number of para-hydroxylation sites is 3. The van der Waals surface area contributed by atoms with E-state index >= 15 is 0 Å². The third kappa shape index (κ3) is 62.5. The number of benzene rings is 3. The number of phenols is 3. The fraction of sp³-hybridized carbons (Fsp3) is 0.411. The fourth-order valence-electron chi connectivity index (χ4n) is 12.0. The molecule has 0 aliphatic rings. The van der Waals surface area contributed by atoms with E-state index < -0.39 is 127 Å². The van der Waals surface area contributed by atoms with Crippen LogP contribution in [0.1, 0.15) is 247 Å². The van der Waals surface area contributed by atoms with Crippen molar-refractivity contribution in [3.05, 3.63) is 308 Å². The second kappa shape index (κ2) is 81.9. The number of carboxylic acid groups (broad SMARTS) is 1. The van der Waals surface area contributed by atoms with Crippen LogP contribution < -0.4 is 31.9 Å². The van der Waals surface area contributed by atoms with E-state index in [1.807, 2.05) is 36.5 Å². The van der Waals surface area contributed by atoms with Crippen molar-refractivity contribution in [2.45, 2.75) is 277 Å². The molecule has 3 aromatic carbocycles. The summed E-state index contributed by atoms with van der Waals surface area (Å²) >= 11 is 0. The number of allylic oxidation sites excluding steroid dienone is 36. The second-order valence-corrected chi connectivity index (χ2v) is 31.8. The Morgan fingerprint density at radius 3 is 0.695 bits per heavy atom. The van der Waals surface area contributed by atoms with Crippen molar-refractivity contribution < 1.29 is 112 Å². The molecule has 0 aliphatic heterocycles. The number of hydrogen-bond donors (Lipinski definition) is 12. The summed E-state index contributed by atoms with van der Waals surface area (Å²) < 4.78 is 25.7. The van der Waals surface area contributed by atoms with Crippen molar-refractivity contribution >= 4 is 71.3 Å². The fourth-order valence-corrected chi connectivity index (χ4v) is 12.0. The van der Waals surface area contributed by atoms with Crippen molar-refractivity contribution in [3.63, 3.8) is 0 Å². The van der Waals surface area contributed by atoms with Gasteiger partial charge in [0.05, 0.1) is 37.0 Å². The van der Waals surface area contributed by atoms with Gasteiger partial charge in [-0.2, -0.15) is 0 Å². The first kappa shape index (κ1) is 125. The number of methoxy groups -OCH3 is 1. The molecule has 0 fully saturated rings. The molecule has 0 bridgehead atoms. The predicted molar refractivity (Wildman–Crippen MR) is 554 cm³/mol. The van der Waals surface area contributed by atoms with E-state index in [4.69, 9.17) is 23.7 Å². The van der Waals surface area contributed by atoms with Crippen molar-refractivity contribution in [1.82, 2.24) is 31.9 Å². The first-order chi connectivity index (χ1) is 68.0. The van der Waals surface area contributed by atoms with Gasteiger partial charge < -0.3 is 86.2 Å². The highest BCUT2D eigenvalue weighted by Gasteiger charge is 2.37. The van der Waals surface area contributed by atoms with Crippen LogP contribution in [-0.4, -0.2) is 183 Å². The van der Waals surface area contributed by atoms with E-state index in [9.17, 15) is 88.2 Å². The molecule has 0 aromatic heterocycles. The zero-order valence-electron chi connectivity index (χ0n) is 83.5. The van der Waals surface area contributed by atoms with Crippen molar-refractivity contribution in [2.75, 3.05) is 20.3 Å². The Hall–Kier alpha value is -14.1. The first-order valence-electron chi connectivity index (χ1n) is 48.2. The lowest BCUT2D eigenvalue weighted by Crippen LogP contribution is -2.52. The van der Waals surface area contributed by atoms with Gasteiger partial charge in [-0.25, -0.2) is 28.8 Å². The van der Waals surface area contributed by atoms with Gasteiger partial charge in [-0.1, -0.05) is 276 Å². The molecule has 0 spiro atoms. The largest absolute Gasteiger partial charge is 0.507 e. The summed E-state index contributed by atoms with van der Waals surface area (Å²) in [6, 6.07) is 9.55. The highest BCUT2D eigenvalue weighted by atomic mass is 16.6. The third-order valence-electron chi connectivity index (χ3n) is 19.9. The lowest BCUT2D eigenvalue weighted by molar-refractivity contribution is -0.165. The summed E-state index contributed by atoms with van der Waals surface area (Å²) in [6.07, 6.45) is 89.6. The number of aliphatic carboxylic acids is 1. The number of aromatic hydroxyl groups is 3. The summed E-state index contributed by atoms with van der Waals surface area (Å²) in [5, 5.41) is 72.6. The molecule has 141 heavy (non-hydrogen) atoms. The lowest BCUT2D eigenvalue weighted by Gasteiger charge is -2.26. The van der Waals surface area contributed by atoms with Gasteiger partial charge in [0, 0.05) is 19.3 Å². The summed E-state index contributed by atoms with van der Waals surface area (Å²) in [7, 11) is 1.14. The van der Waals surface area contributed by atoms with Crippen LogP contribution in [0.5, 0.6) is 17.2 Å². The minimum Gasteiger partial charge on any atom is -0.507 e. The van der Waals surface area contributed by atoms with E-state index in [0.717, 1.165) is 123 Å². The molecule has 3 rings (SSSR count). The molecular weight excluding hydrogens is 1800 g/mol. The molecule has 29 heteroatoms. The monoisotopic (exact) mass is 1950 g/mol. The molecule has 12 N–H and O–H groups in total. The molecule has 0 heterocycles. The van der Waals surface area contributed by atoms with Gasteiger partial charge >= 0.3 is 35.8 Å². The maximum absolute atomic E-state index is 12.8. The van der Waals surface area contributed by atoms with Gasteiger partial charge in [-0.3, -0.25) is 28.8 Å². The molecule has 768 valence electrons. The average molecular weight is 1950 g/mol. The molecule has 0 aliphatic carbocycles. The van der Waals surface area contributed by atoms with Crippen LogP contribution in [0, 0.1) is 0 Å². The average Bonchev–Trinajstić information content (AvgIpc) is 0.851. The molecule has 3 aromatic rings. The van der Waals surface area contributed by atoms with E-state index in [-0.39, 0.29) is 70.9 Å². The standard InChI is InChI=1S/C39H54N2O9.C37H50N2O7.C36H48N2O7/c1-4-5-6-7-8-9-10-11-12-13-14-15-16-17-18-19-20-21-22-27-35(45)40-30(2)38(47)49-31(3)36(39(48)50-32(28-42)29-43)41-37(46)33-25-23-24-26-34(33)44;1-5-6-7-8-9-10-11-12-13-14-15-16-17-18-19-20-21-22-23-28-33(41)38-29(2)36(43)46-30(3)34(37(44)45-4)39-35(42)31-26-24-25-27-32(31)40;1-4-5-6-7-8-9-10-11-12-13-14-15-16-17-18-19-20-21-22-27-32(40)37-28(2)36(44)45-29(3)33(35(42)43)38-34(41)30-25-23-24-26-31(30)39/h5-6,8-9,11-12,14-15,17-18,20-21,23-26,30-32,36,42-44H,4,7,10,13,16,19,22,27-29H2,1-3H3,(H,40,45)(H,41,46);6-7,9-10,12-13,15-16,18-19,21-22,24-27,29-30,34,40H,5,8,11,14,17,20,23,28H2,1-4H3,(H,38,41)(H,39,42);5-6,8-9,11-12,14-15,17-18,20-21,23-26,28-29,33,39H,4,7,10,13,16,19,22,27H2,1-3H3,(H,37,40)(H,38,41)(H,42,43)/b6-5-,9-8-,12-11-,15-14-,18-17-,21-20-;7-6-,10-9-,13-12-,16-15-,19-18-,22-21-;6-5-,9-8-,12-11-,15-14-,18-17-,21-20-. The maximum Gasteiger partial charge on any atom is 0.332 e. The maximum atomic E-state index is 12.8. The summed E-state index contributed by atoms with van der Waals surface area (Å²) in [5.74, 6) is -10.2.